The SMILES string of the molecule is CNCc1cc2ccccc2c(-n2cncn2)n1. The molecular weight excluding hydrogens is 226 g/mol. The fourth-order valence-corrected chi connectivity index (χ4v) is 2.00. The van der Waals surface area contributed by atoms with E-state index in [2.05, 4.69) is 32.5 Å². The Hall–Kier alpha value is -2.27. The van der Waals surface area contributed by atoms with Crippen molar-refractivity contribution < 1.29 is 0 Å². The average Bonchev–Trinajstić information content (AvgIpc) is 2.92. The molecule has 0 saturated carbocycles. The summed E-state index contributed by atoms with van der Waals surface area (Å²) in [6.07, 6.45) is 3.18. The third-order valence-electron chi connectivity index (χ3n) is 2.77. The maximum absolute atomic E-state index is 4.63. The molecule has 0 aliphatic rings. The standard InChI is InChI=1S/C13H13N5/c1-14-7-11-6-10-4-2-3-5-12(10)13(17-11)18-9-15-8-16-18/h2-6,8-9,14H,7H2,1H3. The van der Waals surface area contributed by atoms with Crippen LogP contribution < -0.4 is 5.32 Å². The molecule has 3 rings (SSSR count). The van der Waals surface area contributed by atoms with E-state index < -0.39 is 0 Å². The van der Waals surface area contributed by atoms with Crippen LogP contribution in [0.25, 0.3) is 16.6 Å². The minimum Gasteiger partial charge on any atom is -0.314 e. The molecule has 5 nitrogen and oxygen atoms in total. The zero-order valence-corrected chi connectivity index (χ0v) is 10.0. The van der Waals surface area contributed by atoms with Gasteiger partial charge < -0.3 is 5.32 Å². The number of benzene rings is 1. The molecule has 0 amide bonds. The summed E-state index contributed by atoms with van der Waals surface area (Å²) in [7, 11) is 1.91. The maximum Gasteiger partial charge on any atom is 0.163 e. The fourth-order valence-electron chi connectivity index (χ4n) is 2.00. The van der Waals surface area contributed by atoms with E-state index in [0.29, 0.717) is 0 Å². The van der Waals surface area contributed by atoms with Crippen LogP contribution in [0.5, 0.6) is 0 Å². The van der Waals surface area contributed by atoms with Crippen LogP contribution in [0.3, 0.4) is 0 Å². The predicted octanol–water partition coefficient (Wildman–Crippen LogP) is 1.53. The summed E-state index contributed by atoms with van der Waals surface area (Å²) in [5, 5.41) is 9.50. The predicted molar refractivity (Wildman–Crippen MR) is 69.4 cm³/mol. The molecule has 1 aromatic carbocycles. The first-order valence-corrected chi connectivity index (χ1v) is 5.77. The highest BCUT2D eigenvalue weighted by molar-refractivity contribution is 5.88. The first-order chi connectivity index (χ1) is 8.88. The minimum atomic E-state index is 0.729. The minimum absolute atomic E-state index is 0.729. The molecule has 2 heterocycles. The van der Waals surface area contributed by atoms with Crippen LogP contribution in [0.1, 0.15) is 5.69 Å². The van der Waals surface area contributed by atoms with Gasteiger partial charge in [0.25, 0.3) is 0 Å². The normalized spacial score (nSPS) is 10.9. The zero-order chi connectivity index (χ0) is 12.4. The van der Waals surface area contributed by atoms with Gasteiger partial charge in [0.2, 0.25) is 0 Å². The lowest BCUT2D eigenvalue weighted by atomic mass is 10.1. The van der Waals surface area contributed by atoms with Gasteiger partial charge in [0, 0.05) is 11.9 Å². The second-order valence-electron chi connectivity index (χ2n) is 4.03. The van der Waals surface area contributed by atoms with Crippen molar-refractivity contribution in [2.75, 3.05) is 7.05 Å². The molecule has 0 radical (unpaired) electrons. The highest BCUT2D eigenvalue weighted by Crippen LogP contribution is 2.20. The van der Waals surface area contributed by atoms with Gasteiger partial charge in [0.05, 0.1) is 5.69 Å². The van der Waals surface area contributed by atoms with E-state index >= 15 is 0 Å². The molecule has 3 aromatic rings. The Morgan fingerprint density at radius 3 is 2.94 bits per heavy atom. The molecule has 18 heavy (non-hydrogen) atoms. The Kier molecular flexibility index (Phi) is 2.74. The Morgan fingerprint density at radius 1 is 1.28 bits per heavy atom. The number of rotatable bonds is 3. The van der Waals surface area contributed by atoms with E-state index in [-0.39, 0.29) is 0 Å². The van der Waals surface area contributed by atoms with Gasteiger partial charge in [0.1, 0.15) is 12.7 Å². The quantitative estimate of drug-likeness (QED) is 0.753. The van der Waals surface area contributed by atoms with E-state index in [9.17, 15) is 0 Å². The number of nitrogens with zero attached hydrogens (tertiary/aromatic N) is 4. The van der Waals surface area contributed by atoms with Crippen LogP contribution >= 0.6 is 0 Å². The largest absolute Gasteiger partial charge is 0.314 e. The number of fused-ring (bicyclic) bond motifs is 1. The summed E-state index contributed by atoms with van der Waals surface area (Å²) in [6.45, 7) is 0.729. The Labute approximate surface area is 104 Å². The number of aromatic nitrogens is 4. The molecule has 0 saturated heterocycles. The van der Waals surface area contributed by atoms with Crippen molar-refractivity contribution in [2.45, 2.75) is 6.54 Å². The van der Waals surface area contributed by atoms with Crippen molar-refractivity contribution in [3.63, 3.8) is 0 Å². The molecule has 0 unspecified atom stereocenters. The molecule has 2 aromatic heterocycles. The van der Waals surface area contributed by atoms with E-state index in [1.807, 2.05) is 25.2 Å². The Morgan fingerprint density at radius 2 is 2.17 bits per heavy atom. The smallest absolute Gasteiger partial charge is 0.163 e. The topological polar surface area (TPSA) is 55.6 Å². The Bertz CT molecular complexity index is 660. The lowest BCUT2D eigenvalue weighted by molar-refractivity contribution is 0.774. The first kappa shape index (κ1) is 10.9. The van der Waals surface area contributed by atoms with E-state index in [1.54, 1.807) is 11.0 Å². The van der Waals surface area contributed by atoms with Gasteiger partial charge in [0.15, 0.2) is 5.82 Å². The van der Waals surface area contributed by atoms with Gasteiger partial charge in [-0.2, -0.15) is 5.10 Å². The molecule has 0 aliphatic heterocycles. The molecule has 0 spiro atoms. The van der Waals surface area contributed by atoms with Crippen LogP contribution in [-0.2, 0) is 6.54 Å². The van der Waals surface area contributed by atoms with E-state index in [0.717, 1.165) is 28.8 Å². The molecule has 0 bridgehead atoms. The number of hydrogen-bond acceptors (Lipinski definition) is 4. The Balaban J connectivity index is 2.27. The average molecular weight is 239 g/mol. The molecule has 0 atom stereocenters. The number of nitrogens with one attached hydrogen (secondary N) is 1. The first-order valence-electron chi connectivity index (χ1n) is 5.77. The van der Waals surface area contributed by atoms with Crippen molar-refractivity contribution in [3.8, 4) is 5.82 Å². The fraction of sp³-hybridized carbons (Fsp3) is 0.154. The number of hydrogen-bond donors (Lipinski definition) is 1. The van der Waals surface area contributed by atoms with Crippen LogP contribution in [0.4, 0.5) is 0 Å². The zero-order valence-electron chi connectivity index (χ0n) is 10.0. The van der Waals surface area contributed by atoms with Crippen molar-refractivity contribution in [1.82, 2.24) is 25.1 Å². The molecule has 1 N–H and O–H groups in total. The summed E-state index contributed by atoms with van der Waals surface area (Å²) < 4.78 is 1.70. The van der Waals surface area contributed by atoms with Crippen LogP contribution in [0.2, 0.25) is 0 Å². The summed E-state index contributed by atoms with van der Waals surface area (Å²) in [5.74, 6) is 0.816. The van der Waals surface area contributed by atoms with Crippen molar-refractivity contribution in [2.24, 2.45) is 0 Å². The lowest BCUT2D eigenvalue weighted by Gasteiger charge is -2.08. The molecular formula is C13H13N5. The highest BCUT2D eigenvalue weighted by Gasteiger charge is 2.07. The monoisotopic (exact) mass is 239 g/mol. The third-order valence-corrected chi connectivity index (χ3v) is 2.77. The van der Waals surface area contributed by atoms with Crippen LogP contribution in [0, 0.1) is 0 Å². The van der Waals surface area contributed by atoms with Crippen LogP contribution in [0.15, 0.2) is 43.0 Å². The third kappa shape index (κ3) is 1.84. The molecule has 0 fully saturated rings. The maximum atomic E-state index is 4.63. The van der Waals surface area contributed by atoms with Gasteiger partial charge in [-0.05, 0) is 18.5 Å². The second kappa shape index (κ2) is 4.54. The molecule has 0 aliphatic carbocycles. The van der Waals surface area contributed by atoms with Gasteiger partial charge >= 0.3 is 0 Å². The van der Waals surface area contributed by atoms with Gasteiger partial charge in [-0.25, -0.2) is 14.6 Å². The van der Waals surface area contributed by atoms with Crippen LogP contribution in [-0.4, -0.2) is 26.8 Å². The highest BCUT2D eigenvalue weighted by atomic mass is 15.3. The summed E-state index contributed by atoms with van der Waals surface area (Å²) in [5.41, 5.74) is 0.988. The molecule has 90 valence electrons. The lowest BCUT2D eigenvalue weighted by Crippen LogP contribution is -2.09. The summed E-state index contributed by atoms with van der Waals surface area (Å²) in [6, 6.07) is 10.2. The second-order valence-corrected chi connectivity index (χ2v) is 4.03. The van der Waals surface area contributed by atoms with Crippen molar-refractivity contribution in [1.29, 1.82) is 0 Å². The molecule has 5 heteroatoms. The van der Waals surface area contributed by atoms with Crippen molar-refractivity contribution in [3.05, 3.63) is 48.7 Å². The van der Waals surface area contributed by atoms with Gasteiger partial charge in [-0.1, -0.05) is 24.3 Å². The van der Waals surface area contributed by atoms with Gasteiger partial charge in [-0.3, -0.25) is 0 Å². The van der Waals surface area contributed by atoms with Gasteiger partial charge in [-0.15, -0.1) is 0 Å². The van der Waals surface area contributed by atoms with E-state index in [1.165, 1.54) is 6.33 Å². The summed E-state index contributed by atoms with van der Waals surface area (Å²) in [4.78, 5) is 8.61. The van der Waals surface area contributed by atoms with Crippen molar-refractivity contribution >= 4 is 10.8 Å². The number of pyridine rings is 1. The summed E-state index contributed by atoms with van der Waals surface area (Å²) >= 11 is 0. The van der Waals surface area contributed by atoms with E-state index in [4.69, 9.17) is 0 Å².